The maximum absolute atomic E-state index is 4.37. The van der Waals surface area contributed by atoms with Gasteiger partial charge in [0.2, 0.25) is 0 Å². The van der Waals surface area contributed by atoms with Gasteiger partial charge in [0.05, 0.1) is 5.69 Å². The molecule has 0 unspecified atom stereocenters. The Labute approximate surface area is 116 Å². The molecule has 0 aliphatic heterocycles. The minimum Gasteiger partial charge on any atom is -0.305 e. The quantitative estimate of drug-likeness (QED) is 0.941. The smallest absolute Gasteiger partial charge is 0.125 e. The number of benzene rings is 1. The van der Waals surface area contributed by atoms with Crippen molar-refractivity contribution in [2.75, 3.05) is 0 Å². The third-order valence-electron chi connectivity index (χ3n) is 2.77. The molecule has 0 bridgehead atoms. The Morgan fingerprint density at radius 3 is 2.89 bits per heavy atom. The normalized spacial score (nSPS) is 12.4. The van der Waals surface area contributed by atoms with E-state index in [1.807, 2.05) is 25.1 Å². The lowest BCUT2D eigenvalue weighted by Gasteiger charge is -2.14. The van der Waals surface area contributed by atoms with E-state index in [4.69, 9.17) is 0 Å². The molecule has 1 aromatic carbocycles. The summed E-state index contributed by atoms with van der Waals surface area (Å²) < 4.78 is 1.10. The van der Waals surface area contributed by atoms with E-state index < -0.39 is 0 Å². The first-order chi connectivity index (χ1) is 8.65. The van der Waals surface area contributed by atoms with Crippen LogP contribution in [0.25, 0.3) is 0 Å². The highest BCUT2D eigenvalue weighted by molar-refractivity contribution is 9.10. The summed E-state index contributed by atoms with van der Waals surface area (Å²) in [6.07, 6.45) is 1.79. The Morgan fingerprint density at radius 2 is 2.17 bits per heavy atom. The van der Waals surface area contributed by atoms with E-state index in [9.17, 15) is 0 Å². The third kappa shape index (κ3) is 3.62. The highest BCUT2D eigenvalue weighted by Gasteiger charge is 2.05. The first-order valence-electron chi connectivity index (χ1n) is 5.92. The van der Waals surface area contributed by atoms with Crippen LogP contribution >= 0.6 is 15.9 Å². The average molecular weight is 306 g/mol. The molecule has 94 valence electrons. The van der Waals surface area contributed by atoms with Crippen LogP contribution < -0.4 is 5.32 Å². The largest absolute Gasteiger partial charge is 0.305 e. The highest BCUT2D eigenvalue weighted by atomic mass is 79.9. The molecule has 0 spiro atoms. The third-order valence-corrected chi connectivity index (χ3v) is 3.26. The lowest BCUT2D eigenvalue weighted by atomic mass is 10.1. The van der Waals surface area contributed by atoms with Gasteiger partial charge in [0.25, 0.3) is 0 Å². The second-order valence-corrected chi connectivity index (χ2v) is 5.17. The van der Waals surface area contributed by atoms with Crippen molar-refractivity contribution in [3.8, 4) is 0 Å². The SMILES string of the molecule is Cc1nccc(CN[C@H](C)c2cccc(Br)c2)n1. The molecular weight excluding hydrogens is 290 g/mol. The lowest BCUT2D eigenvalue weighted by Crippen LogP contribution is -2.19. The van der Waals surface area contributed by atoms with Crippen LogP contribution in [-0.4, -0.2) is 9.97 Å². The van der Waals surface area contributed by atoms with E-state index in [2.05, 4.69) is 50.3 Å². The predicted molar refractivity (Wildman–Crippen MR) is 76.2 cm³/mol. The van der Waals surface area contributed by atoms with Gasteiger partial charge < -0.3 is 5.32 Å². The van der Waals surface area contributed by atoms with Crippen molar-refractivity contribution >= 4 is 15.9 Å². The van der Waals surface area contributed by atoms with Crippen molar-refractivity contribution in [2.24, 2.45) is 0 Å². The van der Waals surface area contributed by atoms with Gasteiger partial charge in [-0.1, -0.05) is 28.1 Å². The molecule has 0 aliphatic carbocycles. The Morgan fingerprint density at radius 1 is 1.33 bits per heavy atom. The van der Waals surface area contributed by atoms with Gasteiger partial charge >= 0.3 is 0 Å². The van der Waals surface area contributed by atoms with Crippen molar-refractivity contribution in [2.45, 2.75) is 26.4 Å². The van der Waals surface area contributed by atoms with Gasteiger partial charge in [-0.3, -0.25) is 0 Å². The van der Waals surface area contributed by atoms with Crippen molar-refractivity contribution in [1.82, 2.24) is 15.3 Å². The van der Waals surface area contributed by atoms with E-state index >= 15 is 0 Å². The number of aryl methyl sites for hydroxylation is 1. The molecule has 1 aromatic heterocycles. The molecule has 0 saturated carbocycles. The number of rotatable bonds is 4. The minimum absolute atomic E-state index is 0.290. The van der Waals surface area contributed by atoms with E-state index in [1.54, 1.807) is 6.20 Å². The number of aromatic nitrogens is 2. The second kappa shape index (κ2) is 6.07. The highest BCUT2D eigenvalue weighted by Crippen LogP contribution is 2.18. The average Bonchev–Trinajstić information content (AvgIpc) is 2.36. The fourth-order valence-corrected chi connectivity index (χ4v) is 2.17. The zero-order valence-corrected chi connectivity index (χ0v) is 12.1. The number of halogens is 1. The van der Waals surface area contributed by atoms with Gasteiger partial charge in [0.1, 0.15) is 5.82 Å². The molecule has 1 N–H and O–H groups in total. The summed E-state index contributed by atoms with van der Waals surface area (Å²) >= 11 is 3.49. The Balaban J connectivity index is 1.98. The van der Waals surface area contributed by atoms with Crippen LogP contribution in [0, 0.1) is 6.92 Å². The van der Waals surface area contributed by atoms with Crippen LogP contribution in [0.15, 0.2) is 41.0 Å². The summed E-state index contributed by atoms with van der Waals surface area (Å²) in [5.74, 6) is 0.810. The van der Waals surface area contributed by atoms with Gasteiger partial charge in [0, 0.05) is 23.3 Å². The Kier molecular flexibility index (Phi) is 4.44. The van der Waals surface area contributed by atoms with Gasteiger partial charge in [0.15, 0.2) is 0 Å². The fourth-order valence-electron chi connectivity index (χ4n) is 1.76. The van der Waals surface area contributed by atoms with Crippen LogP contribution in [0.2, 0.25) is 0 Å². The van der Waals surface area contributed by atoms with Crippen LogP contribution in [0.1, 0.15) is 30.0 Å². The minimum atomic E-state index is 0.290. The Bertz CT molecular complexity index is 528. The summed E-state index contributed by atoms with van der Waals surface area (Å²) in [6, 6.07) is 10.6. The zero-order chi connectivity index (χ0) is 13.0. The van der Waals surface area contributed by atoms with E-state index in [-0.39, 0.29) is 6.04 Å². The topological polar surface area (TPSA) is 37.8 Å². The zero-order valence-electron chi connectivity index (χ0n) is 10.5. The summed E-state index contributed by atoms with van der Waals surface area (Å²) in [4.78, 5) is 8.47. The van der Waals surface area contributed by atoms with E-state index in [0.717, 1.165) is 22.5 Å². The number of hydrogen-bond donors (Lipinski definition) is 1. The number of nitrogens with zero attached hydrogens (tertiary/aromatic N) is 2. The predicted octanol–water partition coefficient (Wildman–Crippen LogP) is 3.40. The summed E-state index contributed by atoms with van der Waals surface area (Å²) in [6.45, 7) is 4.80. The van der Waals surface area contributed by atoms with Gasteiger partial charge in [-0.05, 0) is 37.6 Å². The maximum Gasteiger partial charge on any atom is 0.125 e. The Hall–Kier alpha value is -1.26. The molecular formula is C14H16BrN3. The van der Waals surface area contributed by atoms with Crippen molar-refractivity contribution in [3.05, 3.63) is 58.1 Å². The molecule has 0 aliphatic rings. The second-order valence-electron chi connectivity index (χ2n) is 4.25. The van der Waals surface area contributed by atoms with Crippen LogP contribution in [0.4, 0.5) is 0 Å². The first kappa shape index (κ1) is 13.2. The van der Waals surface area contributed by atoms with Gasteiger partial charge in [-0.15, -0.1) is 0 Å². The van der Waals surface area contributed by atoms with E-state index in [1.165, 1.54) is 5.56 Å². The van der Waals surface area contributed by atoms with Crippen molar-refractivity contribution in [1.29, 1.82) is 0 Å². The molecule has 0 amide bonds. The van der Waals surface area contributed by atoms with E-state index in [0.29, 0.717) is 0 Å². The molecule has 2 rings (SSSR count). The number of nitrogens with one attached hydrogen (secondary N) is 1. The summed E-state index contributed by atoms with van der Waals surface area (Å²) in [7, 11) is 0. The molecule has 0 radical (unpaired) electrons. The molecule has 0 saturated heterocycles. The van der Waals surface area contributed by atoms with Crippen LogP contribution in [-0.2, 0) is 6.54 Å². The standard InChI is InChI=1S/C14H16BrN3/c1-10(12-4-3-5-13(15)8-12)17-9-14-6-7-16-11(2)18-14/h3-8,10,17H,9H2,1-2H3/t10-/m1/s1. The van der Waals surface area contributed by atoms with Crippen molar-refractivity contribution < 1.29 is 0 Å². The van der Waals surface area contributed by atoms with Crippen LogP contribution in [0.3, 0.4) is 0 Å². The molecule has 3 nitrogen and oxygen atoms in total. The van der Waals surface area contributed by atoms with Gasteiger partial charge in [-0.2, -0.15) is 0 Å². The van der Waals surface area contributed by atoms with Crippen LogP contribution in [0.5, 0.6) is 0 Å². The molecule has 1 heterocycles. The lowest BCUT2D eigenvalue weighted by molar-refractivity contribution is 0.566. The maximum atomic E-state index is 4.37. The molecule has 0 fully saturated rings. The number of hydrogen-bond acceptors (Lipinski definition) is 3. The fraction of sp³-hybridized carbons (Fsp3) is 0.286. The molecule has 18 heavy (non-hydrogen) atoms. The monoisotopic (exact) mass is 305 g/mol. The van der Waals surface area contributed by atoms with Crippen molar-refractivity contribution in [3.63, 3.8) is 0 Å². The molecule has 2 aromatic rings. The summed E-state index contributed by atoms with van der Waals surface area (Å²) in [5, 5.41) is 3.46. The first-order valence-corrected chi connectivity index (χ1v) is 6.72. The van der Waals surface area contributed by atoms with Gasteiger partial charge in [-0.25, -0.2) is 9.97 Å². The summed E-state index contributed by atoms with van der Waals surface area (Å²) in [5.41, 5.74) is 2.28. The molecule has 1 atom stereocenters. The molecule has 4 heteroatoms.